The van der Waals surface area contributed by atoms with Crippen molar-refractivity contribution in [2.75, 3.05) is 17.3 Å². The van der Waals surface area contributed by atoms with Crippen molar-refractivity contribution >= 4 is 35.3 Å². The molecule has 0 amide bonds. The maximum absolute atomic E-state index is 2.54. The molecule has 0 aliphatic rings. The fraction of sp³-hybridized carbons (Fsp3) is 0.906. The largest absolute Gasteiger partial charge is 0.125 e. The Hall–Kier alpha value is 0.270. The van der Waals surface area contributed by atoms with Crippen LogP contribution in [-0.4, -0.2) is 17.3 Å². The zero-order valence-corrected chi connectivity index (χ0v) is 49.0. The lowest BCUT2D eigenvalue weighted by atomic mass is 10.0. The summed E-state index contributed by atoms with van der Waals surface area (Å²) in [4.78, 5) is 4.83. The van der Waals surface area contributed by atoms with Gasteiger partial charge >= 0.3 is 0 Å². The van der Waals surface area contributed by atoms with Crippen molar-refractivity contribution in [2.45, 2.75) is 370 Å². The SMILES string of the molecule is CCCCCCCCCCCCCCCCCCCSc1cc(C)cc(SCCCCCCCCCCCCCCCCCCC)c1SCCCCCCCCCCCCCCCCCCC. The first-order chi connectivity index (χ1) is 33.2. The second kappa shape index (κ2) is 55.6. The van der Waals surface area contributed by atoms with E-state index in [4.69, 9.17) is 0 Å². The lowest BCUT2D eigenvalue weighted by Crippen LogP contribution is -1.92. The molecular formula is C64H122S3. The highest BCUT2D eigenvalue weighted by molar-refractivity contribution is 8.03. The Balaban J connectivity index is 2.34. The summed E-state index contributed by atoms with van der Waals surface area (Å²) in [7, 11) is 0. The van der Waals surface area contributed by atoms with Crippen LogP contribution in [0.4, 0.5) is 0 Å². The molecule has 0 nitrogen and oxygen atoms in total. The Labute approximate surface area is 437 Å². The molecule has 1 aromatic rings. The monoisotopic (exact) mass is 987 g/mol. The van der Waals surface area contributed by atoms with Gasteiger partial charge in [-0.25, -0.2) is 0 Å². The molecule has 3 heteroatoms. The van der Waals surface area contributed by atoms with E-state index in [9.17, 15) is 0 Å². The quantitative estimate of drug-likeness (QED) is 0.0472. The van der Waals surface area contributed by atoms with Crippen LogP contribution in [0.2, 0.25) is 0 Å². The summed E-state index contributed by atoms with van der Waals surface area (Å²) in [5.41, 5.74) is 1.47. The predicted octanol–water partition coefficient (Wildman–Crippen LogP) is 25.2. The Morgan fingerprint density at radius 3 is 0.582 bits per heavy atom. The molecule has 0 saturated carbocycles. The van der Waals surface area contributed by atoms with Gasteiger partial charge in [-0.2, -0.15) is 0 Å². The Kier molecular flexibility index (Phi) is 54.2. The third-order valence-electron chi connectivity index (χ3n) is 14.7. The molecule has 0 aliphatic heterocycles. The second-order valence-electron chi connectivity index (χ2n) is 21.6. The topological polar surface area (TPSA) is 0 Å². The number of unbranched alkanes of at least 4 members (excludes halogenated alkanes) is 48. The number of hydrogen-bond acceptors (Lipinski definition) is 3. The van der Waals surface area contributed by atoms with Crippen molar-refractivity contribution in [1.82, 2.24) is 0 Å². The highest BCUT2D eigenvalue weighted by atomic mass is 32.2. The normalized spacial score (nSPS) is 11.7. The van der Waals surface area contributed by atoms with Crippen LogP contribution < -0.4 is 0 Å². The third-order valence-corrected chi connectivity index (χ3v) is 18.4. The van der Waals surface area contributed by atoms with Crippen LogP contribution in [0.5, 0.6) is 0 Å². The minimum absolute atomic E-state index is 1.29. The van der Waals surface area contributed by atoms with Crippen LogP contribution in [0.25, 0.3) is 0 Å². The maximum atomic E-state index is 2.54. The Morgan fingerprint density at radius 1 is 0.224 bits per heavy atom. The highest BCUT2D eigenvalue weighted by Crippen LogP contribution is 2.41. The van der Waals surface area contributed by atoms with E-state index in [1.807, 2.05) is 0 Å². The summed E-state index contributed by atoms with van der Waals surface area (Å²) in [6.45, 7) is 9.31. The zero-order chi connectivity index (χ0) is 48.0. The maximum Gasteiger partial charge on any atom is 0.0344 e. The summed E-state index contributed by atoms with van der Waals surface area (Å²) in [5, 5.41) is 0. The fourth-order valence-corrected chi connectivity index (χ4v) is 14.0. The minimum Gasteiger partial charge on any atom is -0.125 e. The summed E-state index contributed by atoms with van der Waals surface area (Å²) >= 11 is 6.58. The fourth-order valence-electron chi connectivity index (χ4n) is 10.1. The van der Waals surface area contributed by atoms with Gasteiger partial charge in [0, 0.05) is 14.7 Å². The molecule has 67 heavy (non-hydrogen) atoms. The van der Waals surface area contributed by atoms with E-state index in [0.717, 1.165) is 0 Å². The number of rotatable bonds is 57. The number of thioether (sulfide) groups is 3. The summed E-state index contributed by atoms with van der Waals surface area (Å²) < 4.78 is 0. The van der Waals surface area contributed by atoms with E-state index in [2.05, 4.69) is 75.1 Å². The molecule has 0 bridgehead atoms. The number of benzene rings is 1. The van der Waals surface area contributed by atoms with Gasteiger partial charge in [0.15, 0.2) is 0 Å². The van der Waals surface area contributed by atoms with Crippen molar-refractivity contribution in [3.63, 3.8) is 0 Å². The standard InChI is InChI=1S/C64H122S3/c1-5-8-11-14-17-20-23-26-29-32-35-38-41-44-47-50-53-56-65-62-59-61(4)60-63(66-57-54-51-48-45-42-39-36-33-30-27-24-21-18-15-12-9-6-2)64(62)67-58-55-52-49-46-43-40-37-34-31-28-25-22-19-16-13-10-7-3/h59-60H,5-58H2,1-4H3. The molecule has 0 radical (unpaired) electrons. The first kappa shape index (κ1) is 65.3. The molecule has 396 valence electrons. The van der Waals surface area contributed by atoms with Crippen LogP contribution in [0.3, 0.4) is 0 Å². The van der Waals surface area contributed by atoms with E-state index >= 15 is 0 Å². The van der Waals surface area contributed by atoms with Gasteiger partial charge in [0.2, 0.25) is 0 Å². The van der Waals surface area contributed by atoms with Crippen LogP contribution in [0.1, 0.15) is 354 Å². The van der Waals surface area contributed by atoms with Crippen molar-refractivity contribution in [2.24, 2.45) is 0 Å². The first-order valence-electron chi connectivity index (χ1n) is 31.3. The van der Waals surface area contributed by atoms with Crippen LogP contribution in [0, 0.1) is 6.92 Å². The van der Waals surface area contributed by atoms with E-state index < -0.39 is 0 Å². The summed E-state index contributed by atoms with van der Waals surface area (Å²) in [6.07, 6.45) is 74.0. The molecule has 1 aromatic carbocycles. The third kappa shape index (κ3) is 47.1. The smallest absolute Gasteiger partial charge is 0.0344 e. The van der Waals surface area contributed by atoms with Crippen LogP contribution in [-0.2, 0) is 0 Å². The van der Waals surface area contributed by atoms with Gasteiger partial charge in [-0.3, -0.25) is 0 Å². The molecular weight excluding hydrogens is 865 g/mol. The minimum atomic E-state index is 1.29. The Morgan fingerprint density at radius 2 is 0.388 bits per heavy atom. The molecule has 0 spiro atoms. The molecule has 0 N–H and O–H groups in total. The van der Waals surface area contributed by atoms with Crippen LogP contribution in [0.15, 0.2) is 26.8 Å². The summed E-state index contributed by atoms with van der Waals surface area (Å²) in [5.74, 6) is 3.87. The Bertz CT molecular complexity index is 1020. The zero-order valence-electron chi connectivity index (χ0n) is 46.6. The van der Waals surface area contributed by atoms with E-state index in [1.165, 1.54) is 350 Å². The molecule has 1 rings (SSSR count). The van der Waals surface area contributed by atoms with Gasteiger partial charge in [0.1, 0.15) is 0 Å². The number of hydrogen-bond donors (Lipinski definition) is 0. The molecule has 0 aromatic heterocycles. The van der Waals surface area contributed by atoms with Gasteiger partial charge in [0.25, 0.3) is 0 Å². The van der Waals surface area contributed by atoms with Gasteiger partial charge in [0.05, 0.1) is 0 Å². The van der Waals surface area contributed by atoms with Gasteiger partial charge in [-0.15, -0.1) is 35.3 Å². The van der Waals surface area contributed by atoms with Crippen molar-refractivity contribution in [1.29, 1.82) is 0 Å². The second-order valence-corrected chi connectivity index (χ2v) is 25.0. The van der Waals surface area contributed by atoms with Gasteiger partial charge in [-0.05, 0) is 61.1 Å². The highest BCUT2D eigenvalue weighted by Gasteiger charge is 2.13. The van der Waals surface area contributed by atoms with Gasteiger partial charge < -0.3 is 0 Å². The molecule has 0 unspecified atom stereocenters. The lowest BCUT2D eigenvalue weighted by molar-refractivity contribution is 0.529. The first-order valence-corrected chi connectivity index (χ1v) is 34.2. The molecule has 0 heterocycles. The van der Waals surface area contributed by atoms with Crippen molar-refractivity contribution < 1.29 is 0 Å². The van der Waals surface area contributed by atoms with Crippen LogP contribution >= 0.6 is 35.3 Å². The van der Waals surface area contributed by atoms with Crippen molar-refractivity contribution in [3.05, 3.63) is 17.7 Å². The lowest BCUT2D eigenvalue weighted by Gasteiger charge is -2.16. The van der Waals surface area contributed by atoms with E-state index in [-0.39, 0.29) is 0 Å². The van der Waals surface area contributed by atoms with E-state index in [1.54, 1.807) is 14.7 Å². The average molecular weight is 988 g/mol. The average Bonchev–Trinajstić information content (AvgIpc) is 3.33. The van der Waals surface area contributed by atoms with Gasteiger partial charge in [-0.1, -0.05) is 329 Å². The summed E-state index contributed by atoms with van der Waals surface area (Å²) in [6, 6.07) is 5.07. The van der Waals surface area contributed by atoms with E-state index in [0.29, 0.717) is 0 Å². The predicted molar refractivity (Wildman–Crippen MR) is 316 cm³/mol. The molecule has 0 fully saturated rings. The molecule has 0 saturated heterocycles. The molecule has 0 aliphatic carbocycles. The van der Waals surface area contributed by atoms with Crippen molar-refractivity contribution in [3.8, 4) is 0 Å². The number of aryl methyl sites for hydroxylation is 1. The molecule has 0 atom stereocenters.